The second-order valence-electron chi connectivity index (χ2n) is 4.38. The quantitative estimate of drug-likeness (QED) is 0.849. The lowest BCUT2D eigenvalue weighted by Crippen LogP contribution is -2.13. The van der Waals surface area contributed by atoms with Gasteiger partial charge >= 0.3 is 5.97 Å². The first-order chi connectivity index (χ1) is 9.11. The lowest BCUT2D eigenvalue weighted by molar-refractivity contribution is 0.0600. The number of ether oxygens (including phenoxy) is 1. The fraction of sp³-hybridized carbons (Fsp3) is 0.286. The van der Waals surface area contributed by atoms with Crippen molar-refractivity contribution in [3.05, 3.63) is 53.6 Å². The van der Waals surface area contributed by atoms with Crippen LogP contribution < -0.4 is 5.73 Å². The first kappa shape index (κ1) is 13.3. The van der Waals surface area contributed by atoms with Gasteiger partial charge in [-0.2, -0.15) is 0 Å². The summed E-state index contributed by atoms with van der Waals surface area (Å²) >= 11 is 0. The van der Waals surface area contributed by atoms with Gasteiger partial charge in [0.1, 0.15) is 0 Å². The maximum Gasteiger partial charge on any atom is 0.339 e. The van der Waals surface area contributed by atoms with Crippen LogP contribution in [0.15, 0.2) is 36.7 Å². The maximum atomic E-state index is 11.3. The van der Waals surface area contributed by atoms with Crippen LogP contribution in [0.5, 0.6) is 0 Å². The standard InChI is InChI=1S/C14H17N3O2/c1-10(15)13-4-3-7-17(13)9-12-6-5-11(8-16-12)14(18)19-2/h3-8,10H,9,15H2,1-2H3. The number of nitrogens with zero attached hydrogens (tertiary/aromatic N) is 2. The molecule has 0 aliphatic rings. The highest BCUT2D eigenvalue weighted by Crippen LogP contribution is 2.12. The smallest absolute Gasteiger partial charge is 0.339 e. The average Bonchev–Trinajstić information content (AvgIpc) is 2.87. The van der Waals surface area contributed by atoms with E-state index in [9.17, 15) is 4.79 Å². The van der Waals surface area contributed by atoms with Crippen molar-refractivity contribution in [3.8, 4) is 0 Å². The minimum absolute atomic E-state index is 0.0238. The van der Waals surface area contributed by atoms with Crippen molar-refractivity contribution in [2.75, 3.05) is 7.11 Å². The zero-order valence-corrected chi connectivity index (χ0v) is 11.0. The van der Waals surface area contributed by atoms with Crippen LogP contribution in [0.2, 0.25) is 0 Å². The molecule has 5 heteroatoms. The number of aromatic nitrogens is 2. The van der Waals surface area contributed by atoms with Crippen molar-refractivity contribution in [3.63, 3.8) is 0 Å². The third-order valence-electron chi connectivity index (χ3n) is 2.91. The zero-order chi connectivity index (χ0) is 13.8. The van der Waals surface area contributed by atoms with Gasteiger partial charge in [-0.15, -0.1) is 0 Å². The number of nitrogens with two attached hydrogens (primary N) is 1. The largest absolute Gasteiger partial charge is 0.465 e. The average molecular weight is 259 g/mol. The molecule has 19 heavy (non-hydrogen) atoms. The fourth-order valence-electron chi connectivity index (χ4n) is 1.92. The van der Waals surface area contributed by atoms with E-state index < -0.39 is 0 Å². The summed E-state index contributed by atoms with van der Waals surface area (Å²) in [7, 11) is 1.35. The van der Waals surface area contributed by atoms with E-state index in [1.165, 1.54) is 13.3 Å². The van der Waals surface area contributed by atoms with Gasteiger partial charge in [0.05, 0.1) is 24.9 Å². The lowest BCUT2D eigenvalue weighted by Gasteiger charge is -2.11. The molecule has 0 bridgehead atoms. The van der Waals surface area contributed by atoms with Gasteiger partial charge in [-0.3, -0.25) is 4.98 Å². The highest BCUT2D eigenvalue weighted by molar-refractivity contribution is 5.88. The van der Waals surface area contributed by atoms with Gasteiger partial charge in [-0.05, 0) is 31.2 Å². The Kier molecular flexibility index (Phi) is 3.97. The van der Waals surface area contributed by atoms with Crippen LogP contribution in [0, 0.1) is 0 Å². The van der Waals surface area contributed by atoms with Crippen LogP contribution in [0.1, 0.15) is 34.7 Å². The zero-order valence-electron chi connectivity index (χ0n) is 11.0. The molecule has 0 saturated carbocycles. The van der Waals surface area contributed by atoms with Crippen molar-refractivity contribution in [2.45, 2.75) is 19.5 Å². The molecule has 2 heterocycles. The predicted molar refractivity (Wildman–Crippen MR) is 71.7 cm³/mol. The Labute approximate surface area is 112 Å². The van der Waals surface area contributed by atoms with E-state index >= 15 is 0 Å². The molecule has 100 valence electrons. The molecule has 0 aliphatic heterocycles. The molecular weight excluding hydrogens is 242 g/mol. The Bertz CT molecular complexity index is 558. The maximum absolute atomic E-state index is 11.3. The molecule has 2 aromatic rings. The number of carbonyl (C=O) groups is 1. The fourth-order valence-corrected chi connectivity index (χ4v) is 1.92. The number of carbonyl (C=O) groups excluding carboxylic acids is 1. The Morgan fingerprint density at radius 3 is 2.84 bits per heavy atom. The highest BCUT2D eigenvalue weighted by Gasteiger charge is 2.08. The summed E-state index contributed by atoms with van der Waals surface area (Å²) in [5.74, 6) is -0.378. The van der Waals surface area contributed by atoms with Crippen LogP contribution >= 0.6 is 0 Å². The van der Waals surface area contributed by atoms with Crippen LogP contribution in [-0.4, -0.2) is 22.6 Å². The number of esters is 1. The molecular formula is C14H17N3O2. The lowest BCUT2D eigenvalue weighted by atomic mass is 10.2. The Morgan fingerprint density at radius 2 is 2.26 bits per heavy atom. The summed E-state index contributed by atoms with van der Waals surface area (Å²) in [6.45, 7) is 2.57. The summed E-state index contributed by atoms with van der Waals surface area (Å²) in [5.41, 5.74) is 8.26. The molecule has 0 aromatic carbocycles. The van der Waals surface area contributed by atoms with E-state index in [0.29, 0.717) is 12.1 Å². The van der Waals surface area contributed by atoms with Gasteiger partial charge in [0, 0.05) is 24.1 Å². The van der Waals surface area contributed by atoms with Crippen LogP contribution in [0.3, 0.4) is 0 Å². The Balaban J connectivity index is 2.15. The van der Waals surface area contributed by atoms with Crippen molar-refractivity contribution >= 4 is 5.97 Å². The molecule has 0 fully saturated rings. The molecule has 0 spiro atoms. The van der Waals surface area contributed by atoms with Gasteiger partial charge < -0.3 is 15.0 Å². The van der Waals surface area contributed by atoms with E-state index in [0.717, 1.165) is 11.4 Å². The topological polar surface area (TPSA) is 70.1 Å². The summed E-state index contributed by atoms with van der Waals surface area (Å²) in [6.07, 6.45) is 3.49. The summed E-state index contributed by atoms with van der Waals surface area (Å²) in [5, 5.41) is 0. The third kappa shape index (κ3) is 3.00. The van der Waals surface area contributed by atoms with Crippen molar-refractivity contribution in [1.82, 2.24) is 9.55 Å². The molecule has 0 saturated heterocycles. The minimum Gasteiger partial charge on any atom is -0.465 e. The first-order valence-corrected chi connectivity index (χ1v) is 6.05. The predicted octanol–water partition coefficient (Wildman–Crippen LogP) is 1.74. The SMILES string of the molecule is COC(=O)c1ccc(Cn2cccc2C(C)N)nc1. The van der Waals surface area contributed by atoms with Crippen molar-refractivity contribution in [2.24, 2.45) is 5.73 Å². The molecule has 0 radical (unpaired) electrons. The van der Waals surface area contributed by atoms with Gasteiger partial charge in [-0.1, -0.05) is 0 Å². The number of methoxy groups -OCH3 is 1. The second-order valence-corrected chi connectivity index (χ2v) is 4.38. The second kappa shape index (κ2) is 5.67. The van der Waals surface area contributed by atoms with E-state index in [-0.39, 0.29) is 12.0 Å². The Hall–Kier alpha value is -2.14. The number of rotatable bonds is 4. The van der Waals surface area contributed by atoms with Crippen LogP contribution in [0.25, 0.3) is 0 Å². The van der Waals surface area contributed by atoms with E-state index in [4.69, 9.17) is 5.73 Å². The Morgan fingerprint density at radius 1 is 1.47 bits per heavy atom. The van der Waals surface area contributed by atoms with Gasteiger partial charge in [0.15, 0.2) is 0 Å². The van der Waals surface area contributed by atoms with Crippen LogP contribution in [0.4, 0.5) is 0 Å². The van der Waals surface area contributed by atoms with Gasteiger partial charge in [0.25, 0.3) is 0 Å². The third-order valence-corrected chi connectivity index (χ3v) is 2.91. The van der Waals surface area contributed by atoms with Gasteiger partial charge in [0.2, 0.25) is 0 Å². The highest BCUT2D eigenvalue weighted by atomic mass is 16.5. The van der Waals surface area contributed by atoms with Gasteiger partial charge in [-0.25, -0.2) is 4.79 Å². The monoisotopic (exact) mass is 259 g/mol. The van der Waals surface area contributed by atoms with Crippen molar-refractivity contribution < 1.29 is 9.53 Å². The number of hydrogen-bond acceptors (Lipinski definition) is 4. The van der Waals surface area contributed by atoms with E-state index in [2.05, 4.69) is 9.72 Å². The van der Waals surface area contributed by atoms with Crippen molar-refractivity contribution in [1.29, 1.82) is 0 Å². The molecule has 0 amide bonds. The molecule has 2 aromatic heterocycles. The summed E-state index contributed by atoms with van der Waals surface area (Å²) < 4.78 is 6.68. The summed E-state index contributed by atoms with van der Waals surface area (Å²) in [4.78, 5) is 15.6. The molecule has 2 N–H and O–H groups in total. The summed E-state index contributed by atoms with van der Waals surface area (Å²) in [6, 6.07) is 7.46. The molecule has 1 unspecified atom stereocenters. The normalized spacial score (nSPS) is 12.2. The molecule has 2 rings (SSSR count). The molecule has 5 nitrogen and oxygen atoms in total. The van der Waals surface area contributed by atoms with E-state index in [1.54, 1.807) is 6.07 Å². The molecule has 1 atom stereocenters. The number of pyridine rings is 1. The van der Waals surface area contributed by atoms with E-state index in [1.807, 2.05) is 35.9 Å². The van der Waals surface area contributed by atoms with Crippen LogP contribution in [-0.2, 0) is 11.3 Å². The molecule has 0 aliphatic carbocycles. The number of hydrogen-bond donors (Lipinski definition) is 1. The first-order valence-electron chi connectivity index (χ1n) is 6.05. The minimum atomic E-state index is -0.378.